The molecule has 1 atom stereocenters. The minimum Gasteiger partial charge on any atom is -0.351 e. The summed E-state index contributed by atoms with van der Waals surface area (Å²) in [5.74, 6) is -0.140. The monoisotopic (exact) mass is 447 g/mol. The molecule has 3 rings (SSSR count). The Morgan fingerprint density at radius 1 is 1.06 bits per heavy atom. The van der Waals surface area contributed by atoms with Crippen LogP contribution in [0.1, 0.15) is 45.1 Å². The number of piperidine rings is 2. The average Bonchev–Trinajstić information content (AvgIpc) is 2.78. The molecule has 31 heavy (non-hydrogen) atoms. The van der Waals surface area contributed by atoms with Crippen LogP contribution >= 0.6 is 0 Å². The number of nitrogens with zero attached hydrogens (tertiary/aromatic N) is 2. The highest BCUT2D eigenvalue weighted by molar-refractivity contribution is 7.92. The van der Waals surface area contributed by atoms with E-state index < -0.39 is 10.0 Å². The van der Waals surface area contributed by atoms with Gasteiger partial charge in [0.25, 0.3) is 0 Å². The molecule has 0 radical (unpaired) electrons. The number of hydrogen-bond donors (Lipinski definition) is 1. The Kier molecular flexibility index (Phi) is 7.89. The lowest BCUT2D eigenvalue weighted by Crippen LogP contribution is -2.52. The number of benzene rings is 1. The van der Waals surface area contributed by atoms with Crippen molar-refractivity contribution in [3.8, 4) is 0 Å². The molecule has 2 fully saturated rings. The SMILES string of the molecule is CC(C)C(=O)NC1CCCN(C(=O)C2CCN(S(=O)(=O)/C=C/c3ccccc3)CC2)C1. The van der Waals surface area contributed by atoms with Gasteiger partial charge >= 0.3 is 0 Å². The Bertz CT molecular complexity index is 891. The third kappa shape index (κ3) is 6.40. The van der Waals surface area contributed by atoms with E-state index in [9.17, 15) is 18.0 Å². The summed E-state index contributed by atoms with van der Waals surface area (Å²) in [6, 6.07) is 9.32. The third-order valence-corrected chi connectivity index (χ3v) is 7.56. The summed E-state index contributed by atoms with van der Waals surface area (Å²) in [6.07, 6.45) is 4.40. The normalized spacial score (nSPS) is 21.5. The Hall–Kier alpha value is -2.19. The molecule has 0 aliphatic carbocycles. The number of nitrogens with one attached hydrogen (secondary N) is 1. The first kappa shape index (κ1) is 23.5. The summed E-state index contributed by atoms with van der Waals surface area (Å²) in [4.78, 5) is 26.8. The molecule has 2 aliphatic rings. The fraction of sp³-hybridized carbons (Fsp3) is 0.565. The fourth-order valence-corrected chi connectivity index (χ4v) is 5.31. The van der Waals surface area contributed by atoms with Gasteiger partial charge in [0.1, 0.15) is 0 Å². The lowest BCUT2D eigenvalue weighted by atomic mass is 9.94. The summed E-state index contributed by atoms with van der Waals surface area (Å²) < 4.78 is 26.7. The minimum atomic E-state index is -3.51. The third-order valence-electron chi connectivity index (χ3n) is 6.00. The predicted octanol–water partition coefficient (Wildman–Crippen LogP) is 2.46. The number of likely N-dealkylation sites (tertiary alicyclic amines) is 1. The van der Waals surface area contributed by atoms with E-state index in [4.69, 9.17) is 0 Å². The lowest BCUT2D eigenvalue weighted by molar-refractivity contribution is -0.139. The van der Waals surface area contributed by atoms with Gasteiger partial charge in [-0.3, -0.25) is 9.59 Å². The summed E-state index contributed by atoms with van der Waals surface area (Å²) >= 11 is 0. The van der Waals surface area contributed by atoms with E-state index in [0.29, 0.717) is 39.0 Å². The molecule has 0 spiro atoms. The van der Waals surface area contributed by atoms with Crippen LogP contribution in [0.3, 0.4) is 0 Å². The highest BCUT2D eigenvalue weighted by Gasteiger charge is 2.34. The maximum atomic E-state index is 13.0. The zero-order valence-electron chi connectivity index (χ0n) is 18.4. The molecule has 2 saturated heterocycles. The molecule has 0 bridgehead atoms. The molecule has 0 saturated carbocycles. The maximum Gasteiger partial charge on any atom is 0.236 e. The van der Waals surface area contributed by atoms with E-state index in [2.05, 4.69) is 5.32 Å². The molecule has 0 aromatic heterocycles. The molecule has 1 aromatic carbocycles. The minimum absolute atomic E-state index is 0.00353. The number of carbonyl (C=O) groups excluding carboxylic acids is 2. The van der Waals surface area contributed by atoms with Gasteiger partial charge in [0.05, 0.1) is 0 Å². The van der Waals surface area contributed by atoms with Crippen LogP contribution in [-0.2, 0) is 19.6 Å². The van der Waals surface area contributed by atoms with E-state index in [1.807, 2.05) is 49.1 Å². The first-order valence-electron chi connectivity index (χ1n) is 11.1. The summed E-state index contributed by atoms with van der Waals surface area (Å²) in [6.45, 7) is 5.65. The van der Waals surface area contributed by atoms with Crippen molar-refractivity contribution in [2.75, 3.05) is 26.2 Å². The standard InChI is InChI=1S/C23H33N3O4S/c1-18(2)22(27)24-21-9-6-13-25(17-21)23(28)20-10-14-26(15-11-20)31(29,30)16-12-19-7-4-3-5-8-19/h3-5,7-8,12,16,18,20-21H,6,9-11,13-15,17H2,1-2H3,(H,24,27)/b16-12+. The molecular formula is C23H33N3O4S. The average molecular weight is 448 g/mol. The van der Waals surface area contributed by atoms with Crippen LogP contribution in [-0.4, -0.2) is 61.7 Å². The van der Waals surface area contributed by atoms with Crippen LogP contribution in [0.25, 0.3) is 6.08 Å². The van der Waals surface area contributed by atoms with Crippen LogP contribution in [0.5, 0.6) is 0 Å². The second-order valence-corrected chi connectivity index (χ2v) is 10.5. The number of rotatable bonds is 6. The quantitative estimate of drug-likeness (QED) is 0.726. The van der Waals surface area contributed by atoms with Gasteiger partial charge in [-0.05, 0) is 37.3 Å². The molecule has 1 aromatic rings. The van der Waals surface area contributed by atoms with Crippen molar-refractivity contribution in [1.82, 2.24) is 14.5 Å². The Labute approximate surface area is 185 Å². The van der Waals surface area contributed by atoms with Crippen molar-refractivity contribution in [3.05, 3.63) is 41.3 Å². The van der Waals surface area contributed by atoms with E-state index >= 15 is 0 Å². The molecule has 2 heterocycles. The highest BCUT2D eigenvalue weighted by atomic mass is 32.2. The molecule has 1 unspecified atom stereocenters. The van der Waals surface area contributed by atoms with E-state index in [-0.39, 0.29) is 29.7 Å². The summed E-state index contributed by atoms with van der Waals surface area (Å²) in [7, 11) is -3.51. The predicted molar refractivity (Wildman–Crippen MR) is 121 cm³/mol. The van der Waals surface area contributed by atoms with Gasteiger partial charge in [-0.25, -0.2) is 8.42 Å². The Morgan fingerprint density at radius 3 is 2.39 bits per heavy atom. The first-order chi connectivity index (χ1) is 14.8. The second-order valence-electron chi connectivity index (χ2n) is 8.72. The van der Waals surface area contributed by atoms with E-state index in [0.717, 1.165) is 18.4 Å². The maximum absolute atomic E-state index is 13.0. The molecule has 2 amide bonds. The van der Waals surface area contributed by atoms with Crippen molar-refractivity contribution in [2.45, 2.75) is 45.6 Å². The largest absolute Gasteiger partial charge is 0.351 e. The molecule has 1 N–H and O–H groups in total. The van der Waals surface area contributed by atoms with E-state index in [1.165, 1.54) is 9.71 Å². The van der Waals surface area contributed by atoms with Gasteiger partial charge in [0.2, 0.25) is 21.8 Å². The van der Waals surface area contributed by atoms with Crippen molar-refractivity contribution in [3.63, 3.8) is 0 Å². The van der Waals surface area contributed by atoms with Crippen LogP contribution < -0.4 is 5.32 Å². The molecule has 7 nitrogen and oxygen atoms in total. The smallest absolute Gasteiger partial charge is 0.236 e. The first-order valence-corrected chi connectivity index (χ1v) is 12.6. The topological polar surface area (TPSA) is 86.8 Å². The van der Waals surface area contributed by atoms with Gasteiger partial charge in [-0.15, -0.1) is 0 Å². The molecule has 2 aliphatic heterocycles. The van der Waals surface area contributed by atoms with Crippen LogP contribution in [0.4, 0.5) is 0 Å². The molecule has 170 valence electrons. The van der Waals surface area contributed by atoms with Gasteiger partial charge in [0.15, 0.2) is 0 Å². The lowest BCUT2D eigenvalue weighted by Gasteiger charge is -2.37. The van der Waals surface area contributed by atoms with Gasteiger partial charge in [0, 0.05) is 49.5 Å². The van der Waals surface area contributed by atoms with Crippen LogP contribution in [0, 0.1) is 11.8 Å². The summed E-state index contributed by atoms with van der Waals surface area (Å²) in [5, 5.41) is 4.28. The molecular weight excluding hydrogens is 414 g/mol. The van der Waals surface area contributed by atoms with Crippen molar-refractivity contribution in [2.24, 2.45) is 11.8 Å². The van der Waals surface area contributed by atoms with Gasteiger partial charge in [-0.1, -0.05) is 44.2 Å². The van der Waals surface area contributed by atoms with Crippen LogP contribution in [0.2, 0.25) is 0 Å². The Balaban J connectivity index is 1.52. The highest BCUT2D eigenvalue weighted by Crippen LogP contribution is 2.24. The van der Waals surface area contributed by atoms with Crippen LogP contribution in [0.15, 0.2) is 35.7 Å². The van der Waals surface area contributed by atoms with Crippen molar-refractivity contribution < 1.29 is 18.0 Å². The van der Waals surface area contributed by atoms with Crippen molar-refractivity contribution in [1.29, 1.82) is 0 Å². The zero-order chi connectivity index (χ0) is 22.4. The van der Waals surface area contributed by atoms with Crippen molar-refractivity contribution >= 4 is 27.9 Å². The molecule has 8 heteroatoms. The van der Waals surface area contributed by atoms with Gasteiger partial charge in [-0.2, -0.15) is 4.31 Å². The van der Waals surface area contributed by atoms with Gasteiger partial charge < -0.3 is 10.2 Å². The number of carbonyl (C=O) groups is 2. The zero-order valence-corrected chi connectivity index (χ0v) is 19.2. The number of sulfonamides is 1. The number of amides is 2. The second kappa shape index (κ2) is 10.4. The van der Waals surface area contributed by atoms with E-state index in [1.54, 1.807) is 6.08 Å². The number of hydrogen-bond acceptors (Lipinski definition) is 4. The summed E-state index contributed by atoms with van der Waals surface area (Å²) in [5.41, 5.74) is 0.834. The fourth-order valence-electron chi connectivity index (χ4n) is 4.09. The Morgan fingerprint density at radius 2 is 1.74 bits per heavy atom.